The van der Waals surface area contributed by atoms with Gasteiger partial charge in [0.25, 0.3) is 0 Å². The van der Waals surface area contributed by atoms with Gasteiger partial charge >= 0.3 is 0 Å². The number of nitrogen functional groups attached to an aromatic ring is 1. The minimum atomic E-state index is -0.810. The molecule has 1 aliphatic rings. The molecule has 10 heteroatoms. The molecule has 3 aromatic heterocycles. The van der Waals surface area contributed by atoms with E-state index in [2.05, 4.69) is 38.3 Å². The molecule has 0 radical (unpaired) electrons. The Morgan fingerprint density at radius 2 is 2.12 bits per heavy atom. The molecule has 1 fully saturated rings. The van der Waals surface area contributed by atoms with Gasteiger partial charge in [-0.25, -0.2) is 18.7 Å². The van der Waals surface area contributed by atoms with E-state index < -0.39 is 11.6 Å². The molecule has 0 bridgehead atoms. The van der Waals surface area contributed by atoms with Crippen molar-refractivity contribution in [3.05, 3.63) is 47.0 Å². The van der Waals surface area contributed by atoms with Crippen LogP contribution in [-0.2, 0) is 7.05 Å². The van der Waals surface area contributed by atoms with Crippen LogP contribution in [0.15, 0.2) is 18.3 Å². The highest BCUT2D eigenvalue weighted by Crippen LogP contribution is 2.30. The molecule has 0 saturated carbocycles. The van der Waals surface area contributed by atoms with Crippen LogP contribution in [0.4, 0.5) is 14.6 Å². The van der Waals surface area contributed by atoms with E-state index in [1.807, 2.05) is 0 Å². The summed E-state index contributed by atoms with van der Waals surface area (Å²) in [4.78, 5) is 8.32. The summed E-state index contributed by atoms with van der Waals surface area (Å²) in [6, 6.07) is 5.26. The summed E-state index contributed by atoms with van der Waals surface area (Å²) >= 11 is 0. The standard InChI is InChI=1S/C23H20F2N8/c1-12-30-22-19(32(12)2)10-16(24)15(21(22)25)3-4-17-20-18(6-8-28-23(20)27)33(31-17)14-9-13(5-7-26)29-11-14/h6,8,10,13-14,29H,5,9,11H2,1-2H3,(H2,27,28)/t13-,14-/m0/s1. The molecule has 166 valence electrons. The summed E-state index contributed by atoms with van der Waals surface area (Å²) in [6.07, 6.45) is 2.71. The third kappa shape index (κ3) is 3.36. The number of hydrogen-bond acceptors (Lipinski definition) is 6. The molecule has 1 aromatic carbocycles. The minimum Gasteiger partial charge on any atom is -0.383 e. The quantitative estimate of drug-likeness (QED) is 0.458. The Bertz CT molecular complexity index is 1520. The summed E-state index contributed by atoms with van der Waals surface area (Å²) in [6.45, 7) is 2.35. The molecule has 1 saturated heterocycles. The maximum Gasteiger partial charge on any atom is 0.169 e. The monoisotopic (exact) mass is 446 g/mol. The van der Waals surface area contributed by atoms with E-state index in [0.29, 0.717) is 29.7 Å². The molecule has 0 unspecified atom stereocenters. The molecule has 0 aliphatic carbocycles. The van der Waals surface area contributed by atoms with Crippen molar-refractivity contribution < 1.29 is 8.78 Å². The van der Waals surface area contributed by atoms with Gasteiger partial charge in [-0.2, -0.15) is 10.4 Å². The number of hydrogen-bond donors (Lipinski definition) is 2. The van der Waals surface area contributed by atoms with Crippen LogP contribution in [0, 0.1) is 41.7 Å². The Balaban J connectivity index is 1.61. The molecule has 2 atom stereocenters. The molecule has 3 N–H and O–H groups in total. The number of rotatable bonds is 2. The van der Waals surface area contributed by atoms with E-state index >= 15 is 4.39 Å². The van der Waals surface area contributed by atoms with Gasteiger partial charge in [0, 0.05) is 31.9 Å². The van der Waals surface area contributed by atoms with Gasteiger partial charge in [-0.15, -0.1) is 0 Å². The first-order valence-electron chi connectivity index (χ1n) is 10.4. The second kappa shape index (κ2) is 7.84. The Morgan fingerprint density at radius 1 is 1.30 bits per heavy atom. The summed E-state index contributed by atoms with van der Waals surface area (Å²) in [5.41, 5.74) is 7.18. The minimum absolute atomic E-state index is 0.00971. The molecular formula is C23H20F2N8. The Kier molecular flexibility index (Phi) is 4.95. The zero-order chi connectivity index (χ0) is 23.3. The number of aryl methyl sites for hydroxylation is 2. The van der Waals surface area contributed by atoms with E-state index in [1.165, 1.54) is 6.07 Å². The number of aromatic nitrogens is 5. The van der Waals surface area contributed by atoms with Crippen LogP contribution in [0.1, 0.15) is 36.0 Å². The molecule has 4 aromatic rings. The van der Waals surface area contributed by atoms with Gasteiger partial charge in [0.05, 0.1) is 40.5 Å². The lowest BCUT2D eigenvalue weighted by atomic mass is 10.1. The van der Waals surface area contributed by atoms with Crippen LogP contribution in [0.25, 0.3) is 21.9 Å². The van der Waals surface area contributed by atoms with Gasteiger partial charge in [0.15, 0.2) is 5.82 Å². The van der Waals surface area contributed by atoms with Crippen molar-refractivity contribution in [2.75, 3.05) is 12.3 Å². The lowest BCUT2D eigenvalue weighted by Gasteiger charge is -2.10. The average molecular weight is 446 g/mol. The van der Waals surface area contributed by atoms with E-state index in [4.69, 9.17) is 11.0 Å². The molecule has 5 rings (SSSR count). The van der Waals surface area contributed by atoms with Crippen molar-refractivity contribution in [3.8, 4) is 17.9 Å². The van der Waals surface area contributed by atoms with Crippen LogP contribution in [0.2, 0.25) is 0 Å². The molecule has 1 aliphatic heterocycles. The number of anilines is 1. The maximum atomic E-state index is 15.1. The number of halogens is 2. The second-order valence-electron chi connectivity index (χ2n) is 8.12. The third-order valence-electron chi connectivity index (χ3n) is 6.13. The highest BCUT2D eigenvalue weighted by atomic mass is 19.1. The van der Waals surface area contributed by atoms with E-state index in [0.717, 1.165) is 11.9 Å². The van der Waals surface area contributed by atoms with E-state index in [9.17, 15) is 4.39 Å². The van der Waals surface area contributed by atoms with Gasteiger partial charge in [-0.05, 0) is 25.3 Å². The first-order chi connectivity index (χ1) is 15.9. The van der Waals surface area contributed by atoms with Crippen LogP contribution in [0.5, 0.6) is 0 Å². The highest BCUT2D eigenvalue weighted by molar-refractivity contribution is 5.93. The highest BCUT2D eigenvalue weighted by Gasteiger charge is 2.28. The van der Waals surface area contributed by atoms with Crippen molar-refractivity contribution in [1.29, 1.82) is 5.26 Å². The zero-order valence-electron chi connectivity index (χ0n) is 18.0. The topological polar surface area (TPSA) is 110 Å². The van der Waals surface area contributed by atoms with Crippen LogP contribution >= 0.6 is 0 Å². The average Bonchev–Trinajstić information content (AvgIpc) is 3.47. The zero-order valence-corrected chi connectivity index (χ0v) is 18.0. The number of nitrogens with zero attached hydrogens (tertiary/aromatic N) is 6. The van der Waals surface area contributed by atoms with Crippen LogP contribution in [-0.4, -0.2) is 36.9 Å². The van der Waals surface area contributed by atoms with Gasteiger partial charge in [-0.3, -0.25) is 4.68 Å². The number of nitrogens with two attached hydrogens (primary N) is 1. The number of benzene rings is 1. The first kappa shape index (κ1) is 20.9. The van der Waals surface area contributed by atoms with Crippen LogP contribution < -0.4 is 11.1 Å². The molecule has 4 heterocycles. The summed E-state index contributed by atoms with van der Waals surface area (Å²) in [5, 5.41) is 17.4. The fraction of sp³-hybridized carbons (Fsp3) is 0.304. The maximum absolute atomic E-state index is 15.1. The molecule has 8 nitrogen and oxygen atoms in total. The van der Waals surface area contributed by atoms with Gasteiger partial charge in [0.2, 0.25) is 0 Å². The number of imidazole rings is 1. The fourth-order valence-electron chi connectivity index (χ4n) is 4.33. The first-order valence-corrected chi connectivity index (χ1v) is 10.4. The molecule has 33 heavy (non-hydrogen) atoms. The predicted molar refractivity (Wildman–Crippen MR) is 119 cm³/mol. The van der Waals surface area contributed by atoms with Crippen LogP contribution in [0.3, 0.4) is 0 Å². The number of pyridine rings is 1. The summed E-state index contributed by atoms with van der Waals surface area (Å²) in [7, 11) is 1.70. The van der Waals surface area contributed by atoms with Crippen molar-refractivity contribution in [2.24, 2.45) is 7.05 Å². The van der Waals surface area contributed by atoms with Crippen molar-refractivity contribution in [1.82, 2.24) is 29.6 Å². The largest absolute Gasteiger partial charge is 0.383 e. The van der Waals surface area contributed by atoms with Gasteiger partial charge in [0.1, 0.15) is 28.7 Å². The lowest BCUT2D eigenvalue weighted by molar-refractivity contribution is 0.493. The Labute approximate surface area is 188 Å². The summed E-state index contributed by atoms with van der Waals surface area (Å²) in [5.74, 6) is 4.63. The summed E-state index contributed by atoms with van der Waals surface area (Å²) < 4.78 is 33.2. The van der Waals surface area contributed by atoms with E-state index in [1.54, 1.807) is 35.5 Å². The second-order valence-corrected chi connectivity index (χ2v) is 8.12. The van der Waals surface area contributed by atoms with Gasteiger partial charge < -0.3 is 15.6 Å². The predicted octanol–water partition coefficient (Wildman–Crippen LogP) is 2.70. The fourth-order valence-corrected chi connectivity index (χ4v) is 4.33. The third-order valence-corrected chi connectivity index (χ3v) is 6.13. The number of nitrogens with one attached hydrogen (secondary N) is 1. The normalized spacial score (nSPS) is 17.9. The van der Waals surface area contributed by atoms with Crippen molar-refractivity contribution in [3.63, 3.8) is 0 Å². The Hall–Kier alpha value is -4.02. The smallest absolute Gasteiger partial charge is 0.169 e. The number of nitriles is 1. The van der Waals surface area contributed by atoms with Crippen molar-refractivity contribution in [2.45, 2.75) is 31.8 Å². The molecule has 0 amide bonds. The molecule has 0 spiro atoms. The SMILES string of the molecule is Cc1nc2c(F)c(C#Cc3nn([C@@H]4CN[C@@H](CC#N)C4)c4ccnc(N)c34)c(F)cc2n1C. The number of fused-ring (bicyclic) bond motifs is 2. The lowest BCUT2D eigenvalue weighted by Crippen LogP contribution is -2.20. The molecular weight excluding hydrogens is 426 g/mol. The van der Waals surface area contributed by atoms with Crippen molar-refractivity contribution >= 4 is 27.8 Å². The Morgan fingerprint density at radius 3 is 2.91 bits per heavy atom. The van der Waals surface area contributed by atoms with E-state index in [-0.39, 0.29) is 34.7 Å². The van der Waals surface area contributed by atoms with Gasteiger partial charge in [-0.1, -0.05) is 5.92 Å².